The molecule has 4 nitrogen and oxygen atoms in total. The molecule has 4 heteroatoms. The quantitative estimate of drug-likeness (QED) is 0.804. The molecule has 2 aromatic carbocycles. The fourth-order valence-electron chi connectivity index (χ4n) is 2.63. The second-order valence-corrected chi connectivity index (χ2v) is 5.40. The van der Waals surface area contributed by atoms with E-state index in [0.717, 1.165) is 28.0 Å². The summed E-state index contributed by atoms with van der Waals surface area (Å²) in [4.78, 5) is 16.8. The molecule has 3 rings (SSSR count). The lowest BCUT2D eigenvalue weighted by atomic mass is 10.1. The first-order valence-electron chi connectivity index (χ1n) is 7.41. The van der Waals surface area contributed by atoms with Crippen molar-refractivity contribution in [2.75, 3.05) is 6.54 Å². The molecule has 22 heavy (non-hydrogen) atoms. The number of hydrogen-bond acceptors (Lipinski definition) is 2. The molecule has 0 radical (unpaired) electrons. The van der Waals surface area contributed by atoms with Gasteiger partial charge in [-0.05, 0) is 30.7 Å². The van der Waals surface area contributed by atoms with Gasteiger partial charge in [0.1, 0.15) is 5.82 Å². The van der Waals surface area contributed by atoms with Gasteiger partial charge in [0.2, 0.25) is 0 Å². The summed E-state index contributed by atoms with van der Waals surface area (Å²) < 4.78 is 2.08. The number of imidazole rings is 1. The third kappa shape index (κ3) is 2.72. The monoisotopic (exact) mass is 293 g/mol. The van der Waals surface area contributed by atoms with E-state index in [0.29, 0.717) is 13.0 Å². The number of rotatable bonds is 4. The second-order valence-electron chi connectivity index (χ2n) is 5.40. The lowest BCUT2D eigenvalue weighted by molar-refractivity contribution is 0.0953. The van der Waals surface area contributed by atoms with Gasteiger partial charge in [-0.1, -0.05) is 30.3 Å². The molecule has 0 fully saturated rings. The van der Waals surface area contributed by atoms with Crippen molar-refractivity contribution in [2.24, 2.45) is 7.05 Å². The Balaban J connectivity index is 1.66. The molecular weight excluding hydrogens is 274 g/mol. The van der Waals surface area contributed by atoms with Crippen molar-refractivity contribution in [3.05, 3.63) is 65.5 Å². The molecule has 0 unspecified atom stereocenters. The molecule has 0 saturated heterocycles. The molecule has 1 amide bonds. The maximum atomic E-state index is 12.2. The molecule has 0 bridgehead atoms. The molecule has 0 saturated carbocycles. The number of para-hydroxylation sites is 2. The number of carbonyl (C=O) groups excluding carboxylic acids is 1. The van der Waals surface area contributed by atoms with Gasteiger partial charge in [-0.2, -0.15) is 0 Å². The Morgan fingerprint density at radius 3 is 2.64 bits per heavy atom. The highest BCUT2D eigenvalue weighted by Gasteiger charge is 2.10. The molecule has 1 aromatic heterocycles. The molecule has 3 aromatic rings. The van der Waals surface area contributed by atoms with E-state index in [2.05, 4.69) is 20.9 Å². The number of carbonyl (C=O) groups is 1. The van der Waals surface area contributed by atoms with Crippen LogP contribution in [-0.4, -0.2) is 22.0 Å². The summed E-state index contributed by atoms with van der Waals surface area (Å²) in [6.45, 7) is 2.52. The van der Waals surface area contributed by atoms with Crippen LogP contribution in [0.25, 0.3) is 11.0 Å². The van der Waals surface area contributed by atoms with Crippen molar-refractivity contribution in [2.45, 2.75) is 13.3 Å². The normalized spacial score (nSPS) is 10.8. The molecule has 0 atom stereocenters. The fourth-order valence-corrected chi connectivity index (χ4v) is 2.63. The standard InChI is InChI=1S/C18H19N3O/c1-13-7-3-4-8-14(13)18(22)19-12-11-17-20-15-9-5-6-10-16(15)21(17)2/h3-10H,11-12H2,1-2H3,(H,19,22). The molecule has 1 N–H and O–H groups in total. The van der Waals surface area contributed by atoms with Crippen molar-refractivity contribution in [1.29, 1.82) is 0 Å². The van der Waals surface area contributed by atoms with Gasteiger partial charge in [-0.15, -0.1) is 0 Å². The minimum Gasteiger partial charge on any atom is -0.352 e. The first-order chi connectivity index (χ1) is 10.7. The summed E-state index contributed by atoms with van der Waals surface area (Å²) in [5, 5.41) is 2.97. The summed E-state index contributed by atoms with van der Waals surface area (Å²) in [7, 11) is 2.01. The van der Waals surface area contributed by atoms with Crippen LogP contribution in [0.2, 0.25) is 0 Å². The van der Waals surface area contributed by atoms with E-state index in [1.165, 1.54) is 0 Å². The van der Waals surface area contributed by atoms with Crippen LogP contribution < -0.4 is 5.32 Å². The van der Waals surface area contributed by atoms with Gasteiger partial charge >= 0.3 is 0 Å². The van der Waals surface area contributed by atoms with Crippen LogP contribution in [0.1, 0.15) is 21.7 Å². The number of amides is 1. The Morgan fingerprint density at radius 1 is 1.14 bits per heavy atom. The first kappa shape index (κ1) is 14.3. The topological polar surface area (TPSA) is 46.9 Å². The predicted molar refractivity (Wildman–Crippen MR) is 87.9 cm³/mol. The summed E-state index contributed by atoms with van der Waals surface area (Å²) in [5.41, 5.74) is 3.82. The third-order valence-electron chi connectivity index (χ3n) is 3.90. The summed E-state index contributed by atoms with van der Waals surface area (Å²) in [5.74, 6) is 0.947. The molecule has 0 aliphatic carbocycles. The molecular formula is C18H19N3O. The minimum atomic E-state index is -0.0307. The van der Waals surface area contributed by atoms with Crippen LogP contribution in [0.15, 0.2) is 48.5 Å². The number of hydrogen-bond donors (Lipinski definition) is 1. The summed E-state index contributed by atoms with van der Waals surface area (Å²) >= 11 is 0. The van der Waals surface area contributed by atoms with Crippen molar-refractivity contribution < 1.29 is 4.79 Å². The number of nitrogens with one attached hydrogen (secondary N) is 1. The number of benzene rings is 2. The summed E-state index contributed by atoms with van der Waals surface area (Å²) in [6.07, 6.45) is 0.711. The van der Waals surface area contributed by atoms with E-state index in [4.69, 9.17) is 0 Å². The van der Waals surface area contributed by atoms with Crippen LogP contribution >= 0.6 is 0 Å². The van der Waals surface area contributed by atoms with Crippen LogP contribution in [0.3, 0.4) is 0 Å². The highest BCUT2D eigenvalue weighted by atomic mass is 16.1. The Kier molecular flexibility index (Phi) is 3.92. The average molecular weight is 293 g/mol. The molecule has 0 aliphatic heterocycles. The SMILES string of the molecule is Cc1ccccc1C(=O)NCCc1nc2ccccc2n1C. The fraction of sp³-hybridized carbons (Fsp3) is 0.222. The van der Waals surface area contributed by atoms with Crippen molar-refractivity contribution in [3.8, 4) is 0 Å². The largest absolute Gasteiger partial charge is 0.352 e. The zero-order valence-corrected chi connectivity index (χ0v) is 12.8. The molecule has 0 aliphatic rings. The highest BCUT2D eigenvalue weighted by molar-refractivity contribution is 5.95. The average Bonchev–Trinajstić information content (AvgIpc) is 2.84. The molecule has 0 spiro atoms. The smallest absolute Gasteiger partial charge is 0.251 e. The Hall–Kier alpha value is -2.62. The predicted octanol–water partition coefficient (Wildman–Crippen LogP) is 2.85. The van der Waals surface area contributed by atoms with Gasteiger partial charge in [0.15, 0.2) is 0 Å². The Labute approximate surface area is 129 Å². The lowest BCUT2D eigenvalue weighted by Gasteiger charge is -2.07. The van der Waals surface area contributed by atoms with Gasteiger partial charge in [-0.25, -0.2) is 4.98 Å². The van der Waals surface area contributed by atoms with Gasteiger partial charge in [0.05, 0.1) is 11.0 Å². The number of aromatic nitrogens is 2. The number of fused-ring (bicyclic) bond motifs is 1. The number of nitrogens with zero attached hydrogens (tertiary/aromatic N) is 2. The second kappa shape index (κ2) is 6.02. The maximum Gasteiger partial charge on any atom is 0.251 e. The zero-order chi connectivity index (χ0) is 15.5. The highest BCUT2D eigenvalue weighted by Crippen LogP contribution is 2.14. The van der Waals surface area contributed by atoms with Crippen molar-refractivity contribution >= 4 is 16.9 Å². The van der Waals surface area contributed by atoms with Crippen molar-refractivity contribution in [3.63, 3.8) is 0 Å². The van der Waals surface area contributed by atoms with Crippen LogP contribution in [0.4, 0.5) is 0 Å². The lowest BCUT2D eigenvalue weighted by Crippen LogP contribution is -2.27. The van der Waals surface area contributed by atoms with E-state index >= 15 is 0 Å². The van der Waals surface area contributed by atoms with Gasteiger partial charge in [-0.3, -0.25) is 4.79 Å². The first-order valence-corrected chi connectivity index (χ1v) is 7.41. The van der Waals surface area contributed by atoms with Crippen LogP contribution in [0, 0.1) is 6.92 Å². The van der Waals surface area contributed by atoms with Crippen LogP contribution in [-0.2, 0) is 13.5 Å². The van der Waals surface area contributed by atoms with Crippen molar-refractivity contribution in [1.82, 2.24) is 14.9 Å². The minimum absolute atomic E-state index is 0.0307. The Bertz CT molecular complexity index is 820. The van der Waals surface area contributed by atoms with Crippen LogP contribution in [0.5, 0.6) is 0 Å². The van der Waals surface area contributed by atoms with Gasteiger partial charge in [0, 0.05) is 25.6 Å². The van der Waals surface area contributed by atoms with Gasteiger partial charge < -0.3 is 9.88 Å². The molecule has 112 valence electrons. The van der Waals surface area contributed by atoms with E-state index in [1.54, 1.807) is 0 Å². The van der Waals surface area contributed by atoms with E-state index in [1.807, 2.05) is 56.4 Å². The Morgan fingerprint density at radius 2 is 1.86 bits per heavy atom. The van der Waals surface area contributed by atoms with E-state index in [9.17, 15) is 4.79 Å². The maximum absolute atomic E-state index is 12.2. The van der Waals surface area contributed by atoms with E-state index in [-0.39, 0.29) is 5.91 Å². The summed E-state index contributed by atoms with van der Waals surface area (Å²) in [6, 6.07) is 15.7. The zero-order valence-electron chi connectivity index (χ0n) is 12.8. The molecule has 1 heterocycles. The third-order valence-corrected chi connectivity index (χ3v) is 3.90. The number of aryl methyl sites for hydroxylation is 2. The van der Waals surface area contributed by atoms with Gasteiger partial charge in [0.25, 0.3) is 5.91 Å². The van der Waals surface area contributed by atoms with E-state index < -0.39 is 0 Å².